The highest BCUT2D eigenvalue weighted by Gasteiger charge is 2.38. The van der Waals surface area contributed by atoms with Crippen molar-refractivity contribution in [2.45, 2.75) is 78.8 Å². The summed E-state index contributed by atoms with van der Waals surface area (Å²) in [5, 5.41) is 23.5. The number of methoxy groups -OCH3 is 2. The largest absolute Gasteiger partial charge is 0.542 e. The molecule has 0 unspecified atom stereocenters. The minimum atomic E-state index is -5.19. The van der Waals surface area contributed by atoms with Crippen molar-refractivity contribution in [1.82, 2.24) is 29.5 Å². The molecule has 0 radical (unpaired) electrons. The molecule has 1 saturated heterocycles. The summed E-state index contributed by atoms with van der Waals surface area (Å²) in [6.45, 7) is 17.8. The van der Waals surface area contributed by atoms with Gasteiger partial charge in [0.15, 0.2) is 11.0 Å². The van der Waals surface area contributed by atoms with E-state index in [1.807, 2.05) is 50.8 Å². The van der Waals surface area contributed by atoms with Crippen LogP contribution in [0.3, 0.4) is 0 Å². The van der Waals surface area contributed by atoms with Gasteiger partial charge in [0, 0.05) is 58.7 Å². The molecule has 1 fully saturated rings. The fourth-order valence-electron chi connectivity index (χ4n) is 5.79. The number of fused-ring (bicyclic) bond motifs is 1. The Morgan fingerprint density at radius 2 is 1.52 bits per heavy atom. The molecule has 2 amide bonds. The number of morpholine rings is 1. The lowest BCUT2D eigenvalue weighted by atomic mass is 10.0. The number of alkyl halides is 6. The van der Waals surface area contributed by atoms with Crippen molar-refractivity contribution in [3.05, 3.63) is 35.9 Å². The van der Waals surface area contributed by atoms with Crippen molar-refractivity contribution in [3.63, 3.8) is 0 Å². The third kappa shape index (κ3) is 15.9. The Kier molecular flexibility index (Phi) is 19.7. The van der Waals surface area contributed by atoms with Crippen LogP contribution >= 0.6 is 0 Å². The smallest absolute Gasteiger partial charge is 0.490 e. The second kappa shape index (κ2) is 23.1. The highest BCUT2D eigenvalue weighted by Crippen LogP contribution is 2.29. The minimum Gasteiger partial charge on any atom is -0.542 e. The number of carboxylic acids is 2. The molecule has 2 aromatic heterocycles. The number of alkyl carbamates (subject to hydrolysis) is 1. The van der Waals surface area contributed by atoms with Gasteiger partial charge in [0.05, 0.1) is 57.8 Å². The van der Waals surface area contributed by atoms with Crippen molar-refractivity contribution in [3.8, 4) is 11.1 Å². The number of ether oxygens (including phenoxy) is 4. The van der Waals surface area contributed by atoms with Crippen LogP contribution in [0.1, 0.15) is 50.8 Å². The summed E-state index contributed by atoms with van der Waals surface area (Å²) in [6.07, 6.45) is -6.86. The number of hydrogen-bond donors (Lipinski definition) is 2. The second-order valence-electron chi connectivity index (χ2n) is 14.0. The lowest BCUT2D eigenvalue weighted by Gasteiger charge is -2.26. The summed E-state index contributed by atoms with van der Waals surface area (Å²) in [4.78, 5) is 48.9. The molecule has 17 nitrogen and oxygen atoms in total. The number of carboxylic acid groups (broad SMARTS) is 2. The zero-order valence-electron chi connectivity index (χ0n) is 34.6. The van der Waals surface area contributed by atoms with Gasteiger partial charge in [0.2, 0.25) is 0 Å². The van der Waals surface area contributed by atoms with Gasteiger partial charge in [0.1, 0.15) is 18.1 Å². The summed E-state index contributed by atoms with van der Waals surface area (Å²) < 4.78 is 91.2. The number of nitrogens with one attached hydrogen (secondary N) is 1. The molecule has 1 aliphatic rings. The molecule has 0 spiro atoms. The van der Waals surface area contributed by atoms with Crippen molar-refractivity contribution in [2.75, 3.05) is 73.4 Å². The number of aromatic nitrogens is 4. The number of rotatable bonds is 15. The SMILES string of the molecule is CCn1c(CNC(=O)OC(C)(C)C)[n+](CC)c2c(C(=O)N(CCOC)CCOC)cc(-c3cnn(CCN4CCOCC4)c3)cc21.O=C(O)C(F)(F)F.O=C([O-])C(F)(F)F. The molecule has 4 rings (SSSR count). The van der Waals surface area contributed by atoms with E-state index in [0.717, 1.165) is 67.4 Å². The molecule has 60 heavy (non-hydrogen) atoms. The van der Waals surface area contributed by atoms with E-state index in [-0.39, 0.29) is 12.5 Å². The summed E-state index contributed by atoms with van der Waals surface area (Å²) in [6, 6.07) is 4.09. The number of carbonyl (C=O) groups excluding carboxylic acids is 3. The van der Waals surface area contributed by atoms with Crippen LogP contribution in [0.4, 0.5) is 31.1 Å². The zero-order valence-corrected chi connectivity index (χ0v) is 34.6. The van der Waals surface area contributed by atoms with Crippen LogP contribution in [0, 0.1) is 0 Å². The molecule has 3 heterocycles. The first kappa shape index (κ1) is 51.1. The second-order valence-corrected chi connectivity index (χ2v) is 14.0. The highest BCUT2D eigenvalue weighted by atomic mass is 19.4. The standard InChI is InChI=1S/C33H51N7O6.2C2HF3O2/c1-8-39-28-21-25(26-22-35-38(24-26)11-10-36-12-18-45-19-13-36)20-27(31(41)37(14-16-43-6)15-17-44-7)30(28)40(9-2)29(39)23-34-32(42)46-33(3,4)5;2*3-2(4,5)1(6)7/h20-22,24H,8-19,23H2,1-7H3;2*(H,6,7). The van der Waals surface area contributed by atoms with Gasteiger partial charge in [-0.15, -0.1) is 0 Å². The molecule has 23 heteroatoms. The Bertz CT molecular complexity index is 1840. The van der Waals surface area contributed by atoms with Crippen LogP contribution < -0.4 is 15.0 Å². The van der Waals surface area contributed by atoms with Gasteiger partial charge >= 0.3 is 24.4 Å². The van der Waals surface area contributed by atoms with Crippen molar-refractivity contribution >= 4 is 35.0 Å². The molecule has 2 N–H and O–H groups in total. The van der Waals surface area contributed by atoms with Crippen LogP contribution in [0.15, 0.2) is 24.5 Å². The number of halogens is 6. The maximum atomic E-state index is 14.4. The molecule has 338 valence electrons. The Hall–Kier alpha value is -5.00. The summed E-state index contributed by atoms with van der Waals surface area (Å²) in [5.41, 5.74) is 3.52. The van der Waals surface area contributed by atoms with Crippen LogP contribution in [-0.2, 0) is 54.7 Å². The lowest BCUT2D eigenvalue weighted by Crippen LogP contribution is -2.43. The summed E-state index contributed by atoms with van der Waals surface area (Å²) in [7, 11) is 3.26. The third-order valence-electron chi connectivity index (χ3n) is 8.53. The van der Waals surface area contributed by atoms with Crippen LogP contribution in [0.2, 0.25) is 0 Å². The fraction of sp³-hybridized carbons (Fsp3) is 0.622. The molecular formula is C37H53F6N7O10. The zero-order chi connectivity index (χ0) is 45.4. The van der Waals surface area contributed by atoms with Gasteiger partial charge in [0.25, 0.3) is 11.7 Å². The highest BCUT2D eigenvalue weighted by molar-refractivity contribution is 6.05. The van der Waals surface area contributed by atoms with Gasteiger partial charge in [-0.05, 0) is 52.3 Å². The van der Waals surface area contributed by atoms with E-state index < -0.39 is 36.0 Å². The van der Waals surface area contributed by atoms with Gasteiger partial charge < -0.3 is 44.2 Å². The maximum Gasteiger partial charge on any atom is 0.490 e. The normalized spacial score (nSPS) is 13.5. The number of imidazole rings is 1. The molecule has 3 aromatic rings. The molecule has 0 atom stereocenters. The first-order valence-corrected chi connectivity index (χ1v) is 18.7. The molecule has 0 bridgehead atoms. The van der Waals surface area contributed by atoms with Gasteiger partial charge in [-0.3, -0.25) is 14.4 Å². The van der Waals surface area contributed by atoms with E-state index in [1.165, 1.54) is 0 Å². The Morgan fingerprint density at radius 3 is 1.98 bits per heavy atom. The number of amides is 2. The van der Waals surface area contributed by atoms with E-state index in [1.54, 1.807) is 19.1 Å². The summed E-state index contributed by atoms with van der Waals surface area (Å²) in [5.74, 6) is -5.00. The number of benzene rings is 1. The fourth-order valence-corrected chi connectivity index (χ4v) is 5.79. The average Bonchev–Trinajstić information content (AvgIpc) is 3.77. The summed E-state index contributed by atoms with van der Waals surface area (Å²) >= 11 is 0. The van der Waals surface area contributed by atoms with Crippen molar-refractivity contribution < 1.29 is 79.2 Å². The number of nitrogens with zero attached hydrogens (tertiary/aromatic N) is 6. The molecular weight excluding hydrogens is 816 g/mol. The Balaban J connectivity index is 0.000000758. The quantitative estimate of drug-likeness (QED) is 0.168. The monoisotopic (exact) mass is 869 g/mol. The Labute approximate surface area is 342 Å². The first-order valence-electron chi connectivity index (χ1n) is 18.7. The maximum absolute atomic E-state index is 14.4. The van der Waals surface area contributed by atoms with Crippen LogP contribution in [-0.4, -0.2) is 145 Å². The number of carbonyl (C=O) groups is 4. The van der Waals surface area contributed by atoms with E-state index in [0.29, 0.717) is 45.0 Å². The molecule has 1 aromatic carbocycles. The molecule has 0 aliphatic carbocycles. The minimum absolute atomic E-state index is 0.109. The van der Waals surface area contributed by atoms with Gasteiger partial charge in [-0.1, -0.05) is 0 Å². The van der Waals surface area contributed by atoms with Crippen molar-refractivity contribution in [2.24, 2.45) is 0 Å². The number of hydrogen-bond acceptors (Lipinski definition) is 11. The predicted octanol–water partition coefficient (Wildman–Crippen LogP) is 2.86. The van der Waals surface area contributed by atoms with E-state index in [2.05, 4.69) is 37.4 Å². The number of aryl methyl sites for hydroxylation is 2. The molecule has 0 saturated carbocycles. The van der Waals surface area contributed by atoms with Crippen LogP contribution in [0.5, 0.6) is 0 Å². The lowest BCUT2D eigenvalue weighted by molar-refractivity contribution is -0.676. The van der Waals surface area contributed by atoms with E-state index in [9.17, 15) is 35.9 Å². The third-order valence-corrected chi connectivity index (χ3v) is 8.53. The first-order chi connectivity index (χ1) is 28.0. The van der Waals surface area contributed by atoms with Crippen LogP contribution in [0.25, 0.3) is 22.2 Å². The van der Waals surface area contributed by atoms with Gasteiger partial charge in [-0.2, -0.15) is 31.4 Å². The Morgan fingerprint density at radius 1 is 0.950 bits per heavy atom. The van der Waals surface area contributed by atoms with E-state index in [4.69, 9.17) is 38.7 Å². The average molecular weight is 870 g/mol. The molecule has 1 aliphatic heterocycles. The predicted molar refractivity (Wildman–Crippen MR) is 199 cm³/mol. The topological polar surface area (TPSA) is 194 Å². The van der Waals surface area contributed by atoms with E-state index >= 15 is 0 Å². The van der Waals surface area contributed by atoms with Gasteiger partial charge in [-0.25, -0.2) is 18.7 Å². The van der Waals surface area contributed by atoms with Crippen molar-refractivity contribution in [1.29, 1.82) is 0 Å². The number of aliphatic carboxylic acids is 2.